The molecule has 5 heteroatoms. The van der Waals surface area contributed by atoms with Crippen molar-refractivity contribution in [3.05, 3.63) is 51.7 Å². The molecule has 4 nitrogen and oxygen atoms in total. The van der Waals surface area contributed by atoms with E-state index in [1.165, 1.54) is 23.4 Å². The van der Waals surface area contributed by atoms with E-state index in [1.54, 1.807) is 11.3 Å². The maximum absolute atomic E-state index is 8.81. The molecule has 1 heterocycles. The van der Waals surface area contributed by atoms with Crippen molar-refractivity contribution >= 4 is 22.9 Å². The maximum Gasteiger partial charge on any atom is 0.170 e. The number of hydrogen-bond acceptors (Lipinski definition) is 4. The van der Waals surface area contributed by atoms with Gasteiger partial charge in [-0.25, -0.2) is 0 Å². The van der Waals surface area contributed by atoms with Crippen molar-refractivity contribution in [3.8, 4) is 0 Å². The van der Waals surface area contributed by atoms with Crippen LogP contribution in [-0.2, 0) is 6.54 Å². The van der Waals surface area contributed by atoms with Crippen LogP contribution in [-0.4, -0.2) is 17.1 Å². The molecule has 1 fully saturated rings. The average Bonchev–Trinajstić information content (AvgIpc) is 3.20. The van der Waals surface area contributed by atoms with Gasteiger partial charge in [0.05, 0.1) is 6.54 Å². The quantitative estimate of drug-likeness (QED) is 0.385. The Balaban J connectivity index is 1.88. The smallest absolute Gasteiger partial charge is 0.170 e. The molecule has 1 aliphatic rings. The number of benzene rings is 1. The zero-order valence-electron chi connectivity index (χ0n) is 12.0. The summed E-state index contributed by atoms with van der Waals surface area (Å²) in [5.41, 5.74) is 8.71. The summed E-state index contributed by atoms with van der Waals surface area (Å²) in [5.74, 6) is 0.162. The zero-order valence-corrected chi connectivity index (χ0v) is 12.8. The Morgan fingerprint density at radius 1 is 1.43 bits per heavy atom. The Kier molecular flexibility index (Phi) is 3.84. The van der Waals surface area contributed by atoms with Gasteiger partial charge in [0.2, 0.25) is 0 Å². The molecule has 0 atom stereocenters. The van der Waals surface area contributed by atoms with E-state index < -0.39 is 0 Å². The number of nitrogens with zero attached hydrogens (tertiary/aromatic N) is 2. The van der Waals surface area contributed by atoms with Crippen LogP contribution in [0.25, 0.3) is 0 Å². The highest BCUT2D eigenvalue weighted by Crippen LogP contribution is 2.34. The minimum absolute atomic E-state index is 0.162. The molecular weight excluding hydrogens is 282 g/mol. The number of oxime groups is 1. The summed E-state index contributed by atoms with van der Waals surface area (Å²) in [6.45, 7) is 2.94. The second-order valence-electron chi connectivity index (χ2n) is 5.42. The van der Waals surface area contributed by atoms with Gasteiger partial charge >= 0.3 is 0 Å². The van der Waals surface area contributed by atoms with Crippen LogP contribution in [0.2, 0.25) is 0 Å². The van der Waals surface area contributed by atoms with Gasteiger partial charge in [-0.15, -0.1) is 11.3 Å². The van der Waals surface area contributed by atoms with E-state index in [0.29, 0.717) is 6.04 Å². The molecule has 1 aliphatic carbocycles. The molecule has 0 unspecified atom stereocenters. The lowest BCUT2D eigenvalue weighted by Gasteiger charge is -2.25. The first-order valence-corrected chi connectivity index (χ1v) is 7.94. The number of rotatable bonds is 5. The van der Waals surface area contributed by atoms with Crippen LogP contribution in [0.5, 0.6) is 0 Å². The van der Waals surface area contributed by atoms with E-state index >= 15 is 0 Å². The standard InChI is InChI=1S/C16H19N3OS/c1-11-9-13(6-7-15(11)16(17)18-20)19(12-4-5-12)10-14-3-2-8-21-14/h2-3,6-9,12,20H,4-5,10H2,1H3,(H2,17,18). The van der Waals surface area contributed by atoms with Gasteiger partial charge in [-0.2, -0.15) is 0 Å². The van der Waals surface area contributed by atoms with Crippen molar-refractivity contribution in [1.82, 2.24) is 0 Å². The fourth-order valence-corrected chi connectivity index (χ4v) is 3.26. The molecule has 1 saturated carbocycles. The maximum atomic E-state index is 8.81. The van der Waals surface area contributed by atoms with E-state index in [4.69, 9.17) is 10.9 Å². The third-order valence-corrected chi connectivity index (χ3v) is 4.68. The van der Waals surface area contributed by atoms with Crippen molar-refractivity contribution in [2.45, 2.75) is 32.4 Å². The fourth-order valence-electron chi connectivity index (χ4n) is 2.56. The van der Waals surface area contributed by atoms with Gasteiger partial charge in [0, 0.05) is 22.2 Å². The molecule has 0 bridgehead atoms. The highest BCUT2D eigenvalue weighted by atomic mass is 32.1. The summed E-state index contributed by atoms with van der Waals surface area (Å²) >= 11 is 1.79. The van der Waals surface area contributed by atoms with E-state index in [2.05, 4.69) is 39.7 Å². The molecule has 0 radical (unpaired) electrons. The Bertz CT molecular complexity index is 648. The third-order valence-electron chi connectivity index (χ3n) is 3.82. The second kappa shape index (κ2) is 5.77. The summed E-state index contributed by atoms with van der Waals surface area (Å²) in [6.07, 6.45) is 2.51. The monoisotopic (exact) mass is 301 g/mol. The number of anilines is 1. The highest BCUT2D eigenvalue weighted by Gasteiger charge is 2.29. The zero-order chi connectivity index (χ0) is 14.8. The minimum atomic E-state index is 0.162. The summed E-state index contributed by atoms with van der Waals surface area (Å²) < 4.78 is 0. The van der Waals surface area contributed by atoms with Gasteiger partial charge < -0.3 is 15.8 Å². The normalized spacial score (nSPS) is 15.2. The average molecular weight is 301 g/mol. The fraction of sp³-hybridized carbons (Fsp3) is 0.312. The first-order chi connectivity index (χ1) is 10.2. The van der Waals surface area contributed by atoms with Gasteiger partial charge in [0.15, 0.2) is 5.84 Å². The lowest BCUT2D eigenvalue weighted by Crippen LogP contribution is -2.25. The van der Waals surface area contributed by atoms with Crippen LogP contribution in [0.1, 0.15) is 28.8 Å². The van der Waals surface area contributed by atoms with Crippen LogP contribution in [0.4, 0.5) is 5.69 Å². The molecule has 3 N–H and O–H groups in total. The van der Waals surface area contributed by atoms with E-state index in [1.807, 2.05) is 13.0 Å². The molecular formula is C16H19N3OS. The van der Waals surface area contributed by atoms with Crippen molar-refractivity contribution in [3.63, 3.8) is 0 Å². The van der Waals surface area contributed by atoms with Crippen LogP contribution in [0, 0.1) is 6.92 Å². The molecule has 0 amide bonds. The summed E-state index contributed by atoms with van der Waals surface area (Å²) in [6, 6.07) is 11.0. The van der Waals surface area contributed by atoms with E-state index in [0.717, 1.165) is 17.7 Å². The first-order valence-electron chi connectivity index (χ1n) is 7.06. The molecule has 0 saturated heterocycles. The summed E-state index contributed by atoms with van der Waals surface area (Å²) in [7, 11) is 0. The van der Waals surface area contributed by atoms with Crippen molar-refractivity contribution in [1.29, 1.82) is 0 Å². The molecule has 21 heavy (non-hydrogen) atoms. The Morgan fingerprint density at radius 3 is 2.81 bits per heavy atom. The SMILES string of the molecule is Cc1cc(N(Cc2cccs2)C2CC2)ccc1/C(N)=N/O. The molecule has 1 aromatic carbocycles. The Labute approximate surface area is 128 Å². The predicted molar refractivity (Wildman–Crippen MR) is 87.2 cm³/mol. The molecule has 0 aliphatic heterocycles. The van der Waals surface area contributed by atoms with Crippen LogP contribution >= 0.6 is 11.3 Å². The van der Waals surface area contributed by atoms with Gasteiger partial charge in [-0.05, 0) is 55.0 Å². The van der Waals surface area contributed by atoms with Crippen molar-refractivity contribution in [2.24, 2.45) is 10.9 Å². The molecule has 3 rings (SSSR count). The van der Waals surface area contributed by atoms with E-state index in [9.17, 15) is 0 Å². The highest BCUT2D eigenvalue weighted by molar-refractivity contribution is 7.09. The largest absolute Gasteiger partial charge is 0.409 e. The number of nitrogens with two attached hydrogens (primary N) is 1. The molecule has 2 aromatic rings. The lowest BCUT2D eigenvalue weighted by atomic mass is 10.1. The number of amidine groups is 1. The summed E-state index contributed by atoms with van der Waals surface area (Å²) in [4.78, 5) is 3.83. The van der Waals surface area contributed by atoms with Crippen LogP contribution < -0.4 is 10.6 Å². The van der Waals surface area contributed by atoms with E-state index in [-0.39, 0.29) is 5.84 Å². The van der Waals surface area contributed by atoms with Gasteiger partial charge in [-0.1, -0.05) is 11.2 Å². The molecule has 1 aromatic heterocycles. The summed E-state index contributed by atoms with van der Waals surface area (Å²) in [5, 5.41) is 14.0. The van der Waals surface area contributed by atoms with Gasteiger partial charge in [0.1, 0.15) is 0 Å². The topological polar surface area (TPSA) is 61.8 Å². The van der Waals surface area contributed by atoms with Gasteiger partial charge in [0.25, 0.3) is 0 Å². The number of aryl methyl sites for hydroxylation is 1. The first kappa shape index (κ1) is 13.9. The number of hydrogen-bond donors (Lipinski definition) is 2. The molecule has 0 spiro atoms. The number of thiophene rings is 1. The van der Waals surface area contributed by atoms with Crippen molar-refractivity contribution < 1.29 is 5.21 Å². The van der Waals surface area contributed by atoms with Gasteiger partial charge in [-0.3, -0.25) is 0 Å². The second-order valence-corrected chi connectivity index (χ2v) is 6.46. The minimum Gasteiger partial charge on any atom is -0.409 e. The Morgan fingerprint density at radius 2 is 2.24 bits per heavy atom. The lowest BCUT2D eigenvalue weighted by molar-refractivity contribution is 0.318. The third kappa shape index (κ3) is 3.03. The van der Waals surface area contributed by atoms with Crippen LogP contribution in [0.15, 0.2) is 40.9 Å². The van der Waals surface area contributed by atoms with Crippen molar-refractivity contribution in [2.75, 3.05) is 4.90 Å². The molecule has 110 valence electrons. The Hall–Kier alpha value is -2.01. The predicted octanol–water partition coefficient (Wildman–Crippen LogP) is 3.32. The van der Waals surface area contributed by atoms with Crippen LogP contribution in [0.3, 0.4) is 0 Å².